The summed E-state index contributed by atoms with van der Waals surface area (Å²) in [6.07, 6.45) is 1.68. The number of amides is 2. The van der Waals surface area contributed by atoms with Gasteiger partial charge in [0, 0.05) is 5.57 Å². The van der Waals surface area contributed by atoms with Crippen molar-refractivity contribution in [2.24, 2.45) is 0 Å². The summed E-state index contributed by atoms with van der Waals surface area (Å²) >= 11 is 1.36. The van der Waals surface area contributed by atoms with E-state index in [0.29, 0.717) is 16.4 Å². The van der Waals surface area contributed by atoms with Gasteiger partial charge in [0.25, 0.3) is 5.91 Å². The van der Waals surface area contributed by atoms with E-state index >= 15 is 0 Å². The Morgan fingerprint density at radius 2 is 2.04 bits per heavy atom. The minimum Gasteiger partial charge on any atom is -0.450 e. The lowest BCUT2D eigenvalue weighted by molar-refractivity contribution is -0.124. The summed E-state index contributed by atoms with van der Waals surface area (Å²) in [7, 11) is 0. The third-order valence-corrected chi connectivity index (χ3v) is 4.19. The molecule has 6 nitrogen and oxygen atoms in total. The lowest BCUT2D eigenvalue weighted by atomic mass is 10.2. The van der Waals surface area contributed by atoms with Crippen LogP contribution < -0.4 is 5.32 Å². The van der Waals surface area contributed by atoms with Gasteiger partial charge in [-0.1, -0.05) is 12.1 Å². The minimum absolute atomic E-state index is 0.0889. The number of imidazole rings is 1. The molecule has 0 spiro atoms. The van der Waals surface area contributed by atoms with Gasteiger partial charge in [0.1, 0.15) is 5.76 Å². The van der Waals surface area contributed by atoms with Crippen LogP contribution in [-0.4, -0.2) is 21.8 Å². The second kappa shape index (κ2) is 5.44. The van der Waals surface area contributed by atoms with Crippen molar-refractivity contribution in [2.75, 3.05) is 0 Å². The molecule has 0 unspecified atom stereocenters. The van der Waals surface area contributed by atoms with Crippen molar-refractivity contribution >= 4 is 40.7 Å². The Bertz CT molecular complexity index is 921. The molecule has 0 saturated carbocycles. The molecular formula is C16H11N3O3S. The zero-order valence-electron chi connectivity index (χ0n) is 11.8. The molecule has 3 aromatic rings. The number of furan rings is 1. The van der Waals surface area contributed by atoms with Crippen molar-refractivity contribution in [1.29, 1.82) is 0 Å². The van der Waals surface area contributed by atoms with Crippen LogP contribution in [0.4, 0.5) is 0 Å². The van der Waals surface area contributed by atoms with Crippen LogP contribution in [-0.2, 0) is 9.59 Å². The Morgan fingerprint density at radius 3 is 2.83 bits per heavy atom. The molecule has 2 N–H and O–H groups in total. The van der Waals surface area contributed by atoms with Crippen LogP contribution in [0, 0.1) is 0 Å². The van der Waals surface area contributed by atoms with Crippen LogP contribution in [0.2, 0.25) is 0 Å². The summed E-state index contributed by atoms with van der Waals surface area (Å²) in [6.45, 7) is 0. The average Bonchev–Trinajstić information content (AvgIpc) is 3.19. The first-order valence-corrected chi connectivity index (χ1v) is 7.76. The quantitative estimate of drug-likeness (QED) is 0.571. The minimum atomic E-state index is -0.363. The smallest absolute Gasteiger partial charge is 0.254 e. The molecule has 2 aromatic heterocycles. The van der Waals surface area contributed by atoms with Gasteiger partial charge in [-0.15, -0.1) is 0 Å². The van der Waals surface area contributed by atoms with Crippen molar-refractivity contribution in [2.45, 2.75) is 16.7 Å². The number of aromatic nitrogens is 2. The van der Waals surface area contributed by atoms with Gasteiger partial charge in [-0.25, -0.2) is 4.98 Å². The maximum atomic E-state index is 11.5. The van der Waals surface area contributed by atoms with E-state index in [2.05, 4.69) is 15.3 Å². The summed E-state index contributed by atoms with van der Waals surface area (Å²) < 4.78 is 5.66. The predicted molar refractivity (Wildman–Crippen MR) is 84.7 cm³/mol. The van der Waals surface area contributed by atoms with E-state index in [9.17, 15) is 9.59 Å². The number of para-hydroxylation sites is 2. The Kier molecular flexibility index (Phi) is 3.27. The lowest BCUT2D eigenvalue weighted by Crippen LogP contribution is -2.19. The Hall–Kier alpha value is -2.80. The molecule has 1 aromatic carbocycles. The molecule has 7 heteroatoms. The molecule has 1 aliphatic rings. The molecule has 0 aliphatic carbocycles. The van der Waals surface area contributed by atoms with Gasteiger partial charge in [0.05, 0.1) is 17.5 Å². The number of H-pyrrole nitrogens is 1. The molecule has 0 atom stereocenters. The Balaban J connectivity index is 1.55. The SMILES string of the molecule is O=C1CC(=Cc2ccc(Sc3nc4ccccc4[nH]3)o2)C(=O)N1. The van der Waals surface area contributed by atoms with E-state index in [1.165, 1.54) is 11.8 Å². The molecule has 2 amide bonds. The third kappa shape index (κ3) is 2.78. The fraction of sp³-hybridized carbons (Fsp3) is 0.0625. The molecule has 1 saturated heterocycles. The molecule has 0 radical (unpaired) electrons. The first kappa shape index (κ1) is 13.8. The zero-order chi connectivity index (χ0) is 15.8. The number of carbonyl (C=O) groups excluding carboxylic acids is 2. The highest BCUT2D eigenvalue weighted by Crippen LogP contribution is 2.29. The van der Waals surface area contributed by atoms with Gasteiger partial charge >= 0.3 is 0 Å². The van der Waals surface area contributed by atoms with Gasteiger partial charge in [-0.05, 0) is 42.1 Å². The van der Waals surface area contributed by atoms with Crippen LogP contribution in [0.1, 0.15) is 12.2 Å². The fourth-order valence-electron chi connectivity index (χ4n) is 2.33. The summed E-state index contributed by atoms with van der Waals surface area (Å²) in [4.78, 5) is 30.4. The number of hydrogen-bond donors (Lipinski definition) is 2. The number of benzene rings is 1. The van der Waals surface area contributed by atoms with E-state index in [1.807, 2.05) is 24.3 Å². The van der Waals surface area contributed by atoms with Crippen LogP contribution in [0.15, 0.2) is 56.6 Å². The number of imide groups is 1. The van der Waals surface area contributed by atoms with Crippen LogP contribution in [0.25, 0.3) is 17.1 Å². The maximum Gasteiger partial charge on any atom is 0.254 e. The number of carbonyl (C=O) groups is 2. The van der Waals surface area contributed by atoms with Gasteiger partial charge in [-0.2, -0.15) is 0 Å². The monoisotopic (exact) mass is 325 g/mol. The molecular weight excluding hydrogens is 314 g/mol. The first-order valence-electron chi connectivity index (χ1n) is 6.94. The second-order valence-electron chi connectivity index (χ2n) is 5.04. The van der Waals surface area contributed by atoms with Crippen molar-refractivity contribution in [3.05, 3.63) is 47.7 Å². The van der Waals surface area contributed by atoms with Crippen LogP contribution in [0.3, 0.4) is 0 Å². The largest absolute Gasteiger partial charge is 0.450 e. The molecule has 23 heavy (non-hydrogen) atoms. The molecule has 3 heterocycles. The highest BCUT2D eigenvalue weighted by molar-refractivity contribution is 7.99. The van der Waals surface area contributed by atoms with E-state index < -0.39 is 0 Å². The molecule has 0 bridgehead atoms. The highest BCUT2D eigenvalue weighted by atomic mass is 32.2. The van der Waals surface area contributed by atoms with Gasteiger partial charge in [-0.3, -0.25) is 14.9 Å². The van der Waals surface area contributed by atoms with Crippen LogP contribution in [0.5, 0.6) is 0 Å². The number of rotatable bonds is 3. The normalized spacial score (nSPS) is 16.4. The maximum absolute atomic E-state index is 11.5. The Labute approximate surface area is 135 Å². The predicted octanol–water partition coefficient (Wildman–Crippen LogP) is 2.74. The summed E-state index contributed by atoms with van der Waals surface area (Å²) in [5, 5.41) is 3.62. The Morgan fingerprint density at radius 1 is 1.17 bits per heavy atom. The molecule has 1 fully saturated rings. The first-order chi connectivity index (χ1) is 11.2. The van der Waals surface area contributed by atoms with Gasteiger partial charge in [0.2, 0.25) is 5.91 Å². The van der Waals surface area contributed by atoms with E-state index in [-0.39, 0.29) is 18.2 Å². The van der Waals surface area contributed by atoms with E-state index in [4.69, 9.17) is 4.42 Å². The highest BCUT2D eigenvalue weighted by Gasteiger charge is 2.24. The summed E-state index contributed by atoms with van der Waals surface area (Å²) in [5.74, 6) is -0.119. The van der Waals surface area contributed by atoms with Gasteiger partial charge in [0.15, 0.2) is 10.2 Å². The topological polar surface area (TPSA) is 88.0 Å². The number of nitrogens with one attached hydrogen (secondary N) is 2. The summed E-state index contributed by atoms with van der Waals surface area (Å²) in [6, 6.07) is 11.3. The van der Waals surface area contributed by atoms with Gasteiger partial charge < -0.3 is 9.40 Å². The molecule has 114 valence electrons. The van der Waals surface area contributed by atoms with Crippen molar-refractivity contribution in [3.8, 4) is 0 Å². The summed E-state index contributed by atoms with van der Waals surface area (Å²) in [5.41, 5.74) is 2.26. The van der Waals surface area contributed by atoms with E-state index in [1.54, 1.807) is 18.2 Å². The number of aromatic amines is 1. The van der Waals surface area contributed by atoms with Crippen molar-refractivity contribution in [3.63, 3.8) is 0 Å². The zero-order valence-corrected chi connectivity index (χ0v) is 12.6. The number of nitrogens with zero attached hydrogens (tertiary/aromatic N) is 1. The number of hydrogen-bond acceptors (Lipinski definition) is 5. The molecule has 1 aliphatic heterocycles. The lowest BCUT2D eigenvalue weighted by Gasteiger charge is -1.92. The third-order valence-electron chi connectivity index (χ3n) is 3.38. The van der Waals surface area contributed by atoms with E-state index in [0.717, 1.165) is 16.2 Å². The van der Waals surface area contributed by atoms with Crippen LogP contribution >= 0.6 is 11.8 Å². The standard InChI is InChI=1S/C16H11N3O3S/c20-13-8-9(15(21)19-13)7-10-5-6-14(22-10)23-16-17-11-3-1-2-4-12(11)18-16/h1-7H,8H2,(H,17,18)(H,19,20,21). The molecule has 4 rings (SSSR count). The number of fused-ring (bicyclic) bond motifs is 1. The average molecular weight is 325 g/mol. The van der Waals surface area contributed by atoms with Crippen molar-refractivity contribution < 1.29 is 14.0 Å². The van der Waals surface area contributed by atoms with Crippen molar-refractivity contribution in [1.82, 2.24) is 15.3 Å². The second-order valence-corrected chi connectivity index (χ2v) is 6.03. The fourth-order valence-corrected chi connectivity index (χ4v) is 3.10.